The third-order valence-corrected chi connectivity index (χ3v) is 6.72. The Kier molecular flexibility index (Phi) is 5.86. The highest BCUT2D eigenvalue weighted by Crippen LogP contribution is 2.34. The molecule has 4 atom stereocenters. The number of piperidine rings is 2. The van der Waals surface area contributed by atoms with Crippen molar-refractivity contribution in [2.24, 2.45) is 0 Å². The van der Waals surface area contributed by atoms with Crippen LogP contribution in [0.25, 0.3) is 22.4 Å². The molecule has 5 rings (SSSR count). The average Bonchev–Trinajstić information content (AvgIpc) is 2.80. The van der Waals surface area contributed by atoms with E-state index in [1.54, 1.807) is 11.9 Å². The molecule has 2 aliphatic rings. The first kappa shape index (κ1) is 23.5. The molecule has 3 aromatic rings. The van der Waals surface area contributed by atoms with Crippen molar-refractivity contribution in [1.29, 1.82) is 0 Å². The Hall–Kier alpha value is -3.28. The summed E-state index contributed by atoms with van der Waals surface area (Å²) in [5.41, 5.74) is -0.816. The summed E-state index contributed by atoms with van der Waals surface area (Å²) in [7, 11) is 1.74. The molecular formula is C23H23F4N5O3. The van der Waals surface area contributed by atoms with Gasteiger partial charge in [-0.05, 0) is 25.3 Å². The fraction of sp³-hybridized carbons (Fsp3) is 0.478. The lowest BCUT2D eigenvalue weighted by atomic mass is 9.82. The van der Waals surface area contributed by atoms with Gasteiger partial charge in [0.1, 0.15) is 29.7 Å². The fourth-order valence-electron chi connectivity index (χ4n) is 4.98. The fourth-order valence-corrected chi connectivity index (χ4v) is 4.98. The average molecular weight is 493 g/mol. The van der Waals surface area contributed by atoms with E-state index in [1.165, 1.54) is 12.3 Å². The van der Waals surface area contributed by atoms with Crippen LogP contribution in [0.2, 0.25) is 0 Å². The number of benzene rings is 1. The molecule has 0 aliphatic carbocycles. The maximum absolute atomic E-state index is 15.1. The number of phenols is 1. The summed E-state index contributed by atoms with van der Waals surface area (Å²) in [6.07, 6.45) is -2.17. The second kappa shape index (κ2) is 8.74. The van der Waals surface area contributed by atoms with Gasteiger partial charge in [0, 0.05) is 31.3 Å². The lowest BCUT2D eigenvalue weighted by molar-refractivity contribution is -0.130. The zero-order valence-electron chi connectivity index (χ0n) is 18.7. The monoisotopic (exact) mass is 493 g/mol. The van der Waals surface area contributed by atoms with Crippen LogP contribution in [-0.4, -0.2) is 57.8 Å². The summed E-state index contributed by atoms with van der Waals surface area (Å²) in [5.74, 6) is -0.583. The van der Waals surface area contributed by atoms with Gasteiger partial charge in [0.2, 0.25) is 0 Å². The molecule has 0 spiro atoms. The molecule has 0 radical (unpaired) electrons. The maximum Gasteiger partial charge on any atom is 0.396 e. The van der Waals surface area contributed by atoms with Gasteiger partial charge in [-0.15, -0.1) is 10.2 Å². The Balaban J connectivity index is 1.41. The Morgan fingerprint density at radius 2 is 2.03 bits per heavy atom. The SMILES string of the molecule is CN(c1cnc(-c2cc3c(=O)cc(CC(F)(F)F)oc3cc2O)nn1)[C@H]1CC2CCCC(N2)[C@H]1F. The van der Waals surface area contributed by atoms with E-state index in [0.717, 1.165) is 31.4 Å². The zero-order valence-corrected chi connectivity index (χ0v) is 18.7. The molecule has 8 nitrogen and oxygen atoms in total. The minimum Gasteiger partial charge on any atom is -0.507 e. The first-order valence-corrected chi connectivity index (χ1v) is 11.3. The summed E-state index contributed by atoms with van der Waals surface area (Å²) in [5, 5.41) is 21.9. The van der Waals surface area contributed by atoms with E-state index in [0.29, 0.717) is 12.2 Å². The van der Waals surface area contributed by atoms with Crippen LogP contribution >= 0.6 is 0 Å². The highest BCUT2D eigenvalue weighted by atomic mass is 19.4. The summed E-state index contributed by atoms with van der Waals surface area (Å²) < 4.78 is 58.2. The van der Waals surface area contributed by atoms with Crippen LogP contribution in [-0.2, 0) is 6.42 Å². The van der Waals surface area contributed by atoms with Crippen molar-refractivity contribution < 1.29 is 27.1 Å². The number of hydrogen-bond donors (Lipinski definition) is 2. The van der Waals surface area contributed by atoms with Crippen LogP contribution < -0.4 is 15.6 Å². The molecule has 35 heavy (non-hydrogen) atoms. The number of nitrogens with zero attached hydrogens (tertiary/aromatic N) is 4. The quantitative estimate of drug-likeness (QED) is 0.533. The molecule has 0 saturated carbocycles. The molecule has 2 fully saturated rings. The van der Waals surface area contributed by atoms with Gasteiger partial charge in [-0.2, -0.15) is 13.2 Å². The summed E-state index contributed by atoms with van der Waals surface area (Å²) in [6, 6.07) is 2.77. The Morgan fingerprint density at radius 3 is 2.74 bits per heavy atom. The Bertz CT molecular complexity index is 1300. The number of alkyl halides is 4. The summed E-state index contributed by atoms with van der Waals surface area (Å²) in [4.78, 5) is 18.3. The molecule has 1 aromatic carbocycles. The molecule has 4 heterocycles. The number of fused-ring (bicyclic) bond motifs is 3. The molecule has 186 valence electrons. The molecule has 2 saturated heterocycles. The number of rotatable bonds is 4. The van der Waals surface area contributed by atoms with E-state index in [-0.39, 0.29) is 46.2 Å². The normalized spacial score (nSPS) is 24.5. The lowest BCUT2D eigenvalue weighted by Crippen LogP contribution is -2.61. The topological polar surface area (TPSA) is 104 Å². The molecule has 0 amide bonds. The van der Waals surface area contributed by atoms with Crippen molar-refractivity contribution in [3.63, 3.8) is 0 Å². The van der Waals surface area contributed by atoms with Crippen LogP contribution in [0.1, 0.15) is 31.4 Å². The van der Waals surface area contributed by atoms with Crippen LogP contribution in [0.3, 0.4) is 0 Å². The molecule has 2 aromatic heterocycles. The van der Waals surface area contributed by atoms with Gasteiger partial charge in [-0.3, -0.25) is 4.79 Å². The van der Waals surface area contributed by atoms with Crippen molar-refractivity contribution >= 4 is 16.8 Å². The van der Waals surface area contributed by atoms with E-state index in [4.69, 9.17) is 4.42 Å². The second-order valence-corrected chi connectivity index (χ2v) is 9.13. The van der Waals surface area contributed by atoms with E-state index < -0.39 is 30.0 Å². The van der Waals surface area contributed by atoms with Crippen molar-refractivity contribution in [2.75, 3.05) is 11.9 Å². The minimum absolute atomic E-state index is 0.000651. The molecule has 2 N–H and O–H groups in total. The lowest BCUT2D eigenvalue weighted by Gasteiger charge is -2.45. The Morgan fingerprint density at radius 1 is 1.23 bits per heavy atom. The largest absolute Gasteiger partial charge is 0.507 e. The van der Waals surface area contributed by atoms with E-state index in [9.17, 15) is 23.1 Å². The molecular weight excluding hydrogens is 470 g/mol. The van der Waals surface area contributed by atoms with Crippen molar-refractivity contribution in [3.05, 3.63) is 40.4 Å². The van der Waals surface area contributed by atoms with Crippen molar-refractivity contribution in [3.8, 4) is 17.1 Å². The van der Waals surface area contributed by atoms with Crippen LogP contribution in [0.15, 0.2) is 33.6 Å². The van der Waals surface area contributed by atoms with Gasteiger partial charge >= 0.3 is 6.18 Å². The van der Waals surface area contributed by atoms with E-state index >= 15 is 4.39 Å². The van der Waals surface area contributed by atoms with Gasteiger partial charge in [-0.25, -0.2) is 9.37 Å². The van der Waals surface area contributed by atoms with Crippen LogP contribution in [0.5, 0.6) is 5.75 Å². The number of aromatic hydroxyl groups is 1. The first-order valence-electron chi connectivity index (χ1n) is 11.3. The number of anilines is 1. The Labute approximate surface area is 197 Å². The van der Waals surface area contributed by atoms with Gasteiger partial charge in [-0.1, -0.05) is 6.42 Å². The predicted molar refractivity (Wildman–Crippen MR) is 119 cm³/mol. The maximum atomic E-state index is 15.1. The van der Waals surface area contributed by atoms with Crippen molar-refractivity contribution in [1.82, 2.24) is 20.5 Å². The summed E-state index contributed by atoms with van der Waals surface area (Å²) >= 11 is 0. The minimum atomic E-state index is -4.55. The molecule has 12 heteroatoms. The third kappa shape index (κ3) is 4.66. The predicted octanol–water partition coefficient (Wildman–Crippen LogP) is 3.51. The molecule has 2 unspecified atom stereocenters. The molecule has 2 bridgehead atoms. The van der Waals surface area contributed by atoms with Crippen LogP contribution in [0.4, 0.5) is 23.4 Å². The highest BCUT2D eigenvalue weighted by Gasteiger charge is 2.42. The second-order valence-electron chi connectivity index (χ2n) is 9.13. The number of halogens is 4. The van der Waals surface area contributed by atoms with Gasteiger partial charge in [0.25, 0.3) is 0 Å². The van der Waals surface area contributed by atoms with Crippen molar-refractivity contribution in [2.45, 2.75) is 62.6 Å². The standard InChI is InChI=1S/C23H23F4N5O3/c1-32(16-5-11-3-2-4-15(29-11)21(16)24)20-10-28-22(31-30-20)14-7-13-17(33)6-12(9-23(25,26)27)35-19(13)8-18(14)34/h6-8,10-11,15-16,21,29,34H,2-5,9H2,1H3/t11?,15?,16-,21+/m0/s1. The number of aromatic nitrogens is 3. The highest BCUT2D eigenvalue weighted by molar-refractivity contribution is 5.85. The zero-order chi connectivity index (χ0) is 24.9. The van der Waals surface area contributed by atoms with E-state index in [2.05, 4.69) is 20.5 Å². The smallest absolute Gasteiger partial charge is 0.396 e. The van der Waals surface area contributed by atoms with Crippen LogP contribution in [0, 0.1) is 0 Å². The number of nitrogens with one attached hydrogen (secondary N) is 1. The van der Waals surface area contributed by atoms with E-state index in [1.807, 2.05) is 0 Å². The first-order chi connectivity index (χ1) is 16.6. The van der Waals surface area contributed by atoms with Gasteiger partial charge in [0.15, 0.2) is 17.1 Å². The van der Waals surface area contributed by atoms with Gasteiger partial charge in [0.05, 0.1) is 23.2 Å². The summed E-state index contributed by atoms with van der Waals surface area (Å²) in [6.45, 7) is 0. The molecule has 2 aliphatic heterocycles. The third-order valence-electron chi connectivity index (χ3n) is 6.72. The van der Waals surface area contributed by atoms with Gasteiger partial charge < -0.3 is 19.7 Å². The number of hydrogen-bond acceptors (Lipinski definition) is 8. The number of phenolic OH excluding ortho intramolecular Hbond substituents is 1.